The van der Waals surface area contributed by atoms with E-state index in [1.165, 1.54) is 11.1 Å². The summed E-state index contributed by atoms with van der Waals surface area (Å²) in [5.41, 5.74) is 5.32. The predicted molar refractivity (Wildman–Crippen MR) is 129 cm³/mol. The van der Waals surface area contributed by atoms with Crippen LogP contribution in [0.15, 0.2) is 84.2 Å². The second-order valence-corrected chi connectivity index (χ2v) is 8.84. The minimum atomic E-state index is 0.00533. The Balaban J connectivity index is 1.34. The highest BCUT2D eigenvalue weighted by Crippen LogP contribution is 2.36. The highest BCUT2D eigenvalue weighted by molar-refractivity contribution is 7.10. The van der Waals surface area contributed by atoms with Gasteiger partial charge in [0.25, 0.3) is 5.91 Å². The highest BCUT2D eigenvalue weighted by Gasteiger charge is 2.26. The van der Waals surface area contributed by atoms with Crippen LogP contribution in [-0.4, -0.2) is 24.0 Å². The Kier molecular flexibility index (Phi) is 5.99. The van der Waals surface area contributed by atoms with Gasteiger partial charge >= 0.3 is 0 Å². The number of carbonyl (C=O) groups excluding carboxylic acids is 1. The van der Waals surface area contributed by atoms with Crippen molar-refractivity contribution in [3.8, 4) is 17.0 Å². The van der Waals surface area contributed by atoms with Crippen LogP contribution >= 0.6 is 11.3 Å². The number of amides is 1. The summed E-state index contributed by atoms with van der Waals surface area (Å²) in [5.74, 6) is 0.763. The molecule has 0 radical (unpaired) electrons. The molecule has 5 heteroatoms. The van der Waals surface area contributed by atoms with Crippen LogP contribution in [0.2, 0.25) is 0 Å². The van der Waals surface area contributed by atoms with Crippen molar-refractivity contribution in [2.75, 3.05) is 18.1 Å². The first-order valence-corrected chi connectivity index (χ1v) is 11.7. The lowest BCUT2D eigenvalue weighted by Crippen LogP contribution is -2.39. The molecule has 3 aromatic carbocycles. The number of carbonyl (C=O) groups is 1. The average molecular weight is 441 g/mol. The van der Waals surface area contributed by atoms with Gasteiger partial charge in [-0.25, -0.2) is 4.98 Å². The van der Waals surface area contributed by atoms with Crippen molar-refractivity contribution in [3.05, 3.63) is 100 Å². The normalized spacial score (nSPS) is 13.0. The number of aromatic nitrogens is 1. The molecule has 0 aliphatic carbocycles. The summed E-state index contributed by atoms with van der Waals surface area (Å²) in [6.45, 7) is 0.763. The van der Waals surface area contributed by atoms with Crippen molar-refractivity contribution in [2.45, 2.75) is 19.3 Å². The maximum atomic E-state index is 12.6. The van der Waals surface area contributed by atoms with Crippen molar-refractivity contribution in [3.63, 3.8) is 0 Å². The van der Waals surface area contributed by atoms with Crippen LogP contribution in [0.3, 0.4) is 0 Å². The van der Waals surface area contributed by atoms with Crippen molar-refractivity contribution in [2.24, 2.45) is 0 Å². The molecule has 0 fully saturated rings. The second kappa shape index (κ2) is 9.37. The number of hydrogen-bond donors (Lipinski definition) is 0. The average Bonchev–Trinajstić information content (AvgIpc) is 3.30. The quantitative estimate of drug-likeness (QED) is 0.367. The SMILES string of the molecule is O=C1COc2ccc(-c3csc(Cc4ccccc4)n3)cc2N1CCCc1ccccc1. The molecule has 1 aromatic heterocycles. The van der Waals surface area contributed by atoms with E-state index in [0.717, 1.165) is 47.0 Å². The number of ether oxygens (including phenoxy) is 1. The third kappa shape index (κ3) is 4.58. The minimum absolute atomic E-state index is 0.00533. The van der Waals surface area contributed by atoms with Gasteiger partial charge in [-0.15, -0.1) is 11.3 Å². The molecule has 1 aliphatic heterocycles. The zero-order chi connectivity index (χ0) is 21.8. The number of aryl methyl sites for hydroxylation is 1. The molecule has 160 valence electrons. The number of hydrogen-bond acceptors (Lipinski definition) is 4. The molecule has 32 heavy (non-hydrogen) atoms. The molecule has 4 nitrogen and oxygen atoms in total. The van der Waals surface area contributed by atoms with Crippen molar-refractivity contribution in [1.82, 2.24) is 4.98 Å². The van der Waals surface area contributed by atoms with Gasteiger partial charge in [-0.3, -0.25) is 4.79 Å². The van der Waals surface area contributed by atoms with Crippen LogP contribution in [-0.2, 0) is 17.6 Å². The topological polar surface area (TPSA) is 42.4 Å². The Bertz CT molecular complexity index is 1200. The van der Waals surface area contributed by atoms with E-state index in [1.807, 2.05) is 35.2 Å². The zero-order valence-corrected chi connectivity index (χ0v) is 18.6. The lowest BCUT2D eigenvalue weighted by Gasteiger charge is -2.29. The molecule has 2 heterocycles. The minimum Gasteiger partial charge on any atom is -0.482 e. The number of rotatable bonds is 7. The Morgan fingerprint density at radius 2 is 1.69 bits per heavy atom. The number of anilines is 1. The van der Waals surface area contributed by atoms with Gasteiger partial charge in [-0.1, -0.05) is 60.7 Å². The molecule has 5 rings (SSSR count). The molecule has 4 aromatic rings. The van der Waals surface area contributed by atoms with Crippen LogP contribution in [0.25, 0.3) is 11.3 Å². The molecular formula is C27H24N2O2S. The molecule has 0 saturated heterocycles. The fourth-order valence-electron chi connectivity index (χ4n) is 3.99. The fourth-order valence-corrected chi connectivity index (χ4v) is 4.83. The summed E-state index contributed by atoms with van der Waals surface area (Å²) in [6, 6.07) is 26.8. The Labute approximate surface area is 192 Å². The summed E-state index contributed by atoms with van der Waals surface area (Å²) in [5, 5.41) is 3.17. The predicted octanol–water partition coefficient (Wildman–Crippen LogP) is 5.76. The van der Waals surface area contributed by atoms with E-state index in [2.05, 4.69) is 53.9 Å². The maximum Gasteiger partial charge on any atom is 0.265 e. The monoisotopic (exact) mass is 440 g/mol. The van der Waals surface area contributed by atoms with Crippen molar-refractivity contribution < 1.29 is 9.53 Å². The van der Waals surface area contributed by atoms with E-state index in [1.54, 1.807) is 11.3 Å². The number of thiazole rings is 1. The van der Waals surface area contributed by atoms with E-state index >= 15 is 0 Å². The molecular weight excluding hydrogens is 416 g/mol. The van der Waals surface area contributed by atoms with Crippen LogP contribution in [0.5, 0.6) is 5.75 Å². The number of fused-ring (bicyclic) bond motifs is 1. The van der Waals surface area contributed by atoms with Crippen molar-refractivity contribution >= 4 is 22.9 Å². The number of benzene rings is 3. The highest BCUT2D eigenvalue weighted by atomic mass is 32.1. The van der Waals surface area contributed by atoms with Gasteiger partial charge in [0.15, 0.2) is 6.61 Å². The third-order valence-electron chi connectivity index (χ3n) is 5.64. The molecule has 0 N–H and O–H groups in total. The summed E-state index contributed by atoms with van der Waals surface area (Å²) in [6.07, 6.45) is 2.66. The van der Waals surface area contributed by atoms with Gasteiger partial charge in [0.05, 0.1) is 16.4 Å². The van der Waals surface area contributed by atoms with Gasteiger partial charge in [0.2, 0.25) is 0 Å². The lowest BCUT2D eigenvalue weighted by molar-refractivity contribution is -0.121. The summed E-state index contributed by atoms with van der Waals surface area (Å²) < 4.78 is 5.70. The van der Waals surface area contributed by atoms with E-state index in [0.29, 0.717) is 6.54 Å². The molecule has 0 atom stereocenters. The first kappa shape index (κ1) is 20.5. The lowest BCUT2D eigenvalue weighted by atomic mass is 10.1. The summed E-state index contributed by atoms with van der Waals surface area (Å²) >= 11 is 1.67. The number of nitrogens with zero attached hydrogens (tertiary/aromatic N) is 2. The standard InChI is InChI=1S/C27H24N2O2S/c30-27-18-31-25-14-13-22(23-19-32-26(28-23)16-21-10-5-2-6-11-21)17-24(25)29(27)15-7-12-20-8-3-1-4-9-20/h1-6,8-11,13-14,17,19H,7,12,15-16,18H2. The Morgan fingerprint density at radius 1 is 0.938 bits per heavy atom. The summed E-state index contributed by atoms with van der Waals surface area (Å²) in [4.78, 5) is 19.4. The van der Waals surface area contributed by atoms with E-state index in [-0.39, 0.29) is 12.5 Å². The smallest absolute Gasteiger partial charge is 0.265 e. The molecule has 0 unspecified atom stereocenters. The first-order valence-electron chi connectivity index (χ1n) is 10.9. The summed E-state index contributed by atoms with van der Waals surface area (Å²) in [7, 11) is 0. The van der Waals surface area contributed by atoms with Gasteiger partial charge in [0, 0.05) is 23.9 Å². The van der Waals surface area contributed by atoms with Crippen molar-refractivity contribution in [1.29, 1.82) is 0 Å². The molecule has 0 bridgehead atoms. The van der Waals surface area contributed by atoms with Gasteiger partial charge in [-0.05, 0) is 42.2 Å². The van der Waals surface area contributed by atoms with Crippen LogP contribution in [0, 0.1) is 0 Å². The molecule has 1 amide bonds. The molecule has 0 saturated carbocycles. The second-order valence-electron chi connectivity index (χ2n) is 7.89. The Hall–Kier alpha value is -3.44. The van der Waals surface area contributed by atoms with Gasteiger partial charge in [0.1, 0.15) is 5.75 Å². The van der Waals surface area contributed by atoms with E-state index < -0.39 is 0 Å². The van der Waals surface area contributed by atoms with Gasteiger partial charge in [-0.2, -0.15) is 0 Å². The third-order valence-corrected chi connectivity index (χ3v) is 6.49. The van der Waals surface area contributed by atoms with E-state index in [4.69, 9.17) is 9.72 Å². The van der Waals surface area contributed by atoms with E-state index in [9.17, 15) is 4.79 Å². The molecule has 1 aliphatic rings. The van der Waals surface area contributed by atoms with Crippen LogP contribution < -0.4 is 9.64 Å². The molecule has 0 spiro atoms. The van der Waals surface area contributed by atoms with Crippen LogP contribution in [0.1, 0.15) is 22.6 Å². The first-order chi connectivity index (χ1) is 15.8. The van der Waals surface area contributed by atoms with Gasteiger partial charge < -0.3 is 9.64 Å². The maximum absolute atomic E-state index is 12.6. The van der Waals surface area contributed by atoms with Crippen LogP contribution in [0.4, 0.5) is 5.69 Å². The largest absolute Gasteiger partial charge is 0.482 e. The zero-order valence-electron chi connectivity index (χ0n) is 17.7. The Morgan fingerprint density at radius 3 is 2.47 bits per heavy atom. The fraction of sp³-hybridized carbons (Fsp3) is 0.185.